The van der Waals surface area contributed by atoms with E-state index in [0.717, 1.165) is 27.6 Å². The van der Waals surface area contributed by atoms with Crippen molar-refractivity contribution in [3.05, 3.63) is 86.3 Å². The summed E-state index contributed by atoms with van der Waals surface area (Å²) < 4.78 is 4.97. The van der Waals surface area contributed by atoms with Crippen molar-refractivity contribution < 1.29 is 5.11 Å². The third-order valence-corrected chi connectivity index (χ3v) is 6.08. The summed E-state index contributed by atoms with van der Waals surface area (Å²) in [5.41, 5.74) is 2.93. The van der Waals surface area contributed by atoms with Crippen LogP contribution in [0, 0.1) is 5.92 Å². The third-order valence-electron chi connectivity index (χ3n) is 6.08. The van der Waals surface area contributed by atoms with Gasteiger partial charge in [-0.25, -0.2) is 4.79 Å². The highest BCUT2D eigenvalue weighted by Gasteiger charge is 2.19. The number of aliphatic hydroxyl groups is 1. The maximum atomic E-state index is 13.3. The van der Waals surface area contributed by atoms with Gasteiger partial charge in [-0.3, -0.25) is 13.9 Å². The molecule has 0 spiro atoms. The lowest BCUT2D eigenvalue weighted by Gasteiger charge is -2.12. The fourth-order valence-electron chi connectivity index (χ4n) is 4.44. The molecule has 0 saturated carbocycles. The van der Waals surface area contributed by atoms with Crippen molar-refractivity contribution in [2.75, 3.05) is 6.61 Å². The molecule has 0 bridgehead atoms. The van der Waals surface area contributed by atoms with E-state index in [4.69, 9.17) is 0 Å². The van der Waals surface area contributed by atoms with Crippen molar-refractivity contribution in [3.8, 4) is 0 Å². The first-order valence-corrected chi connectivity index (χ1v) is 11.4. The number of aromatic nitrogens is 3. The molecule has 0 radical (unpaired) electrons. The molecule has 2 aromatic heterocycles. The number of aliphatic hydroxyl groups excluding tert-OH is 1. The highest BCUT2D eigenvalue weighted by Crippen LogP contribution is 2.25. The standard InChI is InChI=1S/C27H31N3O3/c1-18(2)15-30-24-17-29(16-21-10-7-9-20-8-5-6-11-22(20)21)23(14-19(3)12-13-31)25(24)26(32)28(4)27(30)33/h5-11,14,17-18,31H,12-13,15-16H2,1-4H3/b19-14-. The molecule has 0 unspecified atom stereocenters. The van der Waals surface area contributed by atoms with Gasteiger partial charge in [0.2, 0.25) is 0 Å². The number of nitrogens with zero attached hydrogens (tertiary/aromatic N) is 3. The van der Waals surface area contributed by atoms with Crippen LogP contribution >= 0.6 is 0 Å². The number of rotatable bonds is 7. The molecule has 33 heavy (non-hydrogen) atoms. The Morgan fingerprint density at radius 2 is 1.82 bits per heavy atom. The Morgan fingerprint density at radius 3 is 2.55 bits per heavy atom. The van der Waals surface area contributed by atoms with Gasteiger partial charge in [0.15, 0.2) is 0 Å². The second-order valence-corrected chi connectivity index (χ2v) is 9.16. The van der Waals surface area contributed by atoms with Gasteiger partial charge < -0.3 is 9.67 Å². The van der Waals surface area contributed by atoms with Crippen LogP contribution < -0.4 is 11.2 Å². The van der Waals surface area contributed by atoms with Gasteiger partial charge in [0, 0.05) is 32.9 Å². The summed E-state index contributed by atoms with van der Waals surface area (Å²) >= 11 is 0. The van der Waals surface area contributed by atoms with Gasteiger partial charge in [0.05, 0.1) is 16.6 Å². The smallest absolute Gasteiger partial charge is 0.331 e. The van der Waals surface area contributed by atoms with E-state index in [1.165, 1.54) is 11.6 Å². The molecule has 4 aromatic rings. The van der Waals surface area contributed by atoms with Crippen LogP contribution in [-0.2, 0) is 20.1 Å². The zero-order valence-electron chi connectivity index (χ0n) is 19.7. The van der Waals surface area contributed by atoms with E-state index in [2.05, 4.69) is 42.7 Å². The minimum Gasteiger partial charge on any atom is -0.396 e. The lowest BCUT2D eigenvalue weighted by molar-refractivity contribution is 0.299. The van der Waals surface area contributed by atoms with Crippen molar-refractivity contribution in [2.24, 2.45) is 13.0 Å². The van der Waals surface area contributed by atoms with Crippen molar-refractivity contribution >= 4 is 27.8 Å². The van der Waals surface area contributed by atoms with Crippen LogP contribution in [0.5, 0.6) is 0 Å². The summed E-state index contributed by atoms with van der Waals surface area (Å²) in [4.78, 5) is 26.3. The van der Waals surface area contributed by atoms with E-state index < -0.39 is 0 Å². The third kappa shape index (κ3) is 4.31. The van der Waals surface area contributed by atoms with Crippen molar-refractivity contribution in [1.29, 1.82) is 0 Å². The Morgan fingerprint density at radius 1 is 1.09 bits per heavy atom. The molecule has 172 valence electrons. The van der Waals surface area contributed by atoms with Crippen LogP contribution in [0.3, 0.4) is 0 Å². The summed E-state index contributed by atoms with van der Waals surface area (Å²) in [5.74, 6) is 0.250. The zero-order chi connectivity index (χ0) is 23.7. The van der Waals surface area contributed by atoms with Gasteiger partial charge in [-0.05, 0) is 41.7 Å². The first kappa shape index (κ1) is 22.8. The van der Waals surface area contributed by atoms with Crippen LogP contribution in [0.15, 0.2) is 63.8 Å². The molecule has 4 rings (SSSR count). The van der Waals surface area contributed by atoms with Crippen LogP contribution in [-0.4, -0.2) is 25.4 Å². The molecule has 6 heteroatoms. The normalized spacial score (nSPS) is 12.4. The fraction of sp³-hybridized carbons (Fsp3) is 0.333. The van der Waals surface area contributed by atoms with E-state index in [1.807, 2.05) is 37.4 Å². The molecule has 0 amide bonds. The molecule has 0 atom stereocenters. The van der Waals surface area contributed by atoms with E-state index in [-0.39, 0.29) is 23.8 Å². The van der Waals surface area contributed by atoms with Gasteiger partial charge in [-0.1, -0.05) is 61.9 Å². The molecule has 0 aliphatic rings. The molecular weight excluding hydrogens is 414 g/mol. The average molecular weight is 446 g/mol. The predicted octanol–water partition coefficient (Wildman–Crippen LogP) is 4.14. The molecule has 0 saturated heterocycles. The summed E-state index contributed by atoms with van der Waals surface area (Å²) in [5, 5.41) is 12.3. The Hall–Kier alpha value is -3.38. The van der Waals surface area contributed by atoms with Gasteiger partial charge in [0.25, 0.3) is 5.56 Å². The van der Waals surface area contributed by atoms with Gasteiger partial charge >= 0.3 is 5.69 Å². The average Bonchev–Trinajstić information content (AvgIpc) is 3.13. The van der Waals surface area contributed by atoms with Crippen molar-refractivity contribution in [3.63, 3.8) is 0 Å². The maximum absolute atomic E-state index is 13.3. The molecule has 6 nitrogen and oxygen atoms in total. The van der Waals surface area contributed by atoms with E-state index >= 15 is 0 Å². The number of hydrogen-bond acceptors (Lipinski definition) is 3. The molecule has 1 N–H and O–H groups in total. The second kappa shape index (κ2) is 9.24. The molecule has 2 heterocycles. The van der Waals surface area contributed by atoms with Crippen LogP contribution in [0.4, 0.5) is 0 Å². The molecule has 0 aliphatic heterocycles. The van der Waals surface area contributed by atoms with E-state index in [1.54, 1.807) is 4.57 Å². The van der Waals surface area contributed by atoms with Crippen LogP contribution in [0.25, 0.3) is 27.8 Å². The highest BCUT2D eigenvalue weighted by atomic mass is 16.3. The lowest BCUT2D eigenvalue weighted by atomic mass is 10.0. The predicted molar refractivity (Wildman–Crippen MR) is 135 cm³/mol. The topological polar surface area (TPSA) is 69.2 Å². The maximum Gasteiger partial charge on any atom is 0.331 e. The number of benzene rings is 2. The summed E-state index contributed by atoms with van der Waals surface area (Å²) in [6, 6.07) is 14.5. The van der Waals surface area contributed by atoms with Crippen LogP contribution in [0.1, 0.15) is 38.4 Å². The van der Waals surface area contributed by atoms with E-state index in [9.17, 15) is 14.7 Å². The minimum atomic E-state index is -0.300. The molecular formula is C27H31N3O3. The van der Waals surface area contributed by atoms with Crippen LogP contribution in [0.2, 0.25) is 0 Å². The first-order chi connectivity index (χ1) is 15.8. The Labute approximate surface area is 193 Å². The quantitative estimate of drug-likeness (QED) is 0.465. The summed E-state index contributed by atoms with van der Waals surface area (Å²) in [6.45, 7) is 7.20. The Bertz CT molecular complexity index is 1460. The second-order valence-electron chi connectivity index (χ2n) is 9.16. The summed E-state index contributed by atoms with van der Waals surface area (Å²) in [6.07, 6.45) is 4.42. The Balaban J connectivity index is 2.02. The fourth-order valence-corrected chi connectivity index (χ4v) is 4.44. The summed E-state index contributed by atoms with van der Waals surface area (Å²) in [7, 11) is 1.54. The first-order valence-electron chi connectivity index (χ1n) is 11.4. The van der Waals surface area contributed by atoms with E-state index in [0.29, 0.717) is 30.4 Å². The van der Waals surface area contributed by atoms with Crippen molar-refractivity contribution in [1.82, 2.24) is 13.7 Å². The largest absolute Gasteiger partial charge is 0.396 e. The minimum absolute atomic E-state index is 0.0420. The molecule has 0 fully saturated rings. The SMILES string of the molecule is C/C(=C/c1c2c(=O)n(C)c(=O)n(CC(C)C)c2cn1Cc1cccc2ccccc12)CCO. The molecule has 2 aromatic carbocycles. The molecule has 0 aliphatic carbocycles. The highest BCUT2D eigenvalue weighted by molar-refractivity contribution is 5.89. The zero-order valence-corrected chi connectivity index (χ0v) is 19.7. The number of fused-ring (bicyclic) bond motifs is 2. The van der Waals surface area contributed by atoms with Gasteiger partial charge in [-0.15, -0.1) is 0 Å². The Kier molecular flexibility index (Phi) is 6.38. The van der Waals surface area contributed by atoms with Gasteiger partial charge in [-0.2, -0.15) is 0 Å². The monoisotopic (exact) mass is 445 g/mol. The van der Waals surface area contributed by atoms with Crippen molar-refractivity contribution in [2.45, 2.75) is 40.3 Å². The lowest BCUT2D eigenvalue weighted by Crippen LogP contribution is -2.38. The number of hydrogen-bond donors (Lipinski definition) is 1. The van der Waals surface area contributed by atoms with Gasteiger partial charge in [0.1, 0.15) is 0 Å².